The summed E-state index contributed by atoms with van der Waals surface area (Å²) in [5.74, 6) is 0.159. The maximum absolute atomic E-state index is 13.5. The van der Waals surface area contributed by atoms with Crippen LogP contribution in [0.4, 0.5) is 0 Å². The van der Waals surface area contributed by atoms with Crippen LogP contribution < -0.4 is 15.4 Å². The van der Waals surface area contributed by atoms with E-state index in [1.54, 1.807) is 42.0 Å². The van der Waals surface area contributed by atoms with Gasteiger partial charge in [-0.15, -0.1) is 0 Å². The van der Waals surface area contributed by atoms with Gasteiger partial charge in [-0.1, -0.05) is 91.4 Å². The molecule has 0 saturated carbocycles. The fraction of sp³-hybridized carbons (Fsp3) is 0.326. The Kier molecular flexibility index (Phi) is 18.7. The number of methoxy groups -OCH3 is 1. The van der Waals surface area contributed by atoms with Gasteiger partial charge in [-0.2, -0.15) is 0 Å². The third kappa shape index (κ3) is 14.5. The number of hydrogen-bond donors (Lipinski definition) is 2. The van der Waals surface area contributed by atoms with E-state index in [1.807, 2.05) is 25.1 Å². The maximum Gasteiger partial charge on any atom is 0.262 e. The second kappa shape index (κ2) is 23.5. The van der Waals surface area contributed by atoms with E-state index in [4.69, 9.17) is 16.3 Å². The van der Waals surface area contributed by atoms with Crippen LogP contribution in [0.3, 0.4) is 0 Å². The molecular formula is C43H52ClN3O4. The normalized spacial score (nSPS) is 12.2. The summed E-state index contributed by atoms with van der Waals surface area (Å²) in [4.78, 5) is 38.7. The van der Waals surface area contributed by atoms with E-state index >= 15 is 0 Å². The highest BCUT2D eigenvalue weighted by molar-refractivity contribution is 6.30. The summed E-state index contributed by atoms with van der Waals surface area (Å²) >= 11 is 6.02. The van der Waals surface area contributed by atoms with E-state index in [2.05, 4.69) is 84.4 Å². The average molecular weight is 710 g/mol. The van der Waals surface area contributed by atoms with Crippen molar-refractivity contribution >= 4 is 40.2 Å². The van der Waals surface area contributed by atoms with Crippen LogP contribution in [0.25, 0.3) is 10.9 Å². The van der Waals surface area contributed by atoms with E-state index in [0.717, 1.165) is 49.5 Å². The van der Waals surface area contributed by atoms with Crippen molar-refractivity contribution in [2.24, 2.45) is 0 Å². The molecular weight excluding hydrogens is 658 g/mol. The number of amides is 2. The molecule has 0 aliphatic carbocycles. The first-order valence-electron chi connectivity index (χ1n) is 17.8. The Hall–Kier alpha value is -4.88. The number of hydrogen-bond acceptors (Lipinski definition) is 4. The third-order valence-electron chi connectivity index (χ3n) is 8.08. The van der Waals surface area contributed by atoms with Crippen molar-refractivity contribution in [2.75, 3.05) is 20.2 Å². The Labute approximate surface area is 308 Å². The van der Waals surface area contributed by atoms with Crippen molar-refractivity contribution in [1.82, 2.24) is 15.2 Å². The number of nitrogens with zero attached hydrogens (tertiary/aromatic N) is 1. The zero-order valence-corrected chi connectivity index (χ0v) is 31.0. The van der Waals surface area contributed by atoms with Gasteiger partial charge in [-0.05, 0) is 99.9 Å². The lowest BCUT2D eigenvalue weighted by atomic mass is 10.1. The van der Waals surface area contributed by atoms with Gasteiger partial charge in [0.15, 0.2) is 0 Å². The van der Waals surface area contributed by atoms with E-state index in [0.29, 0.717) is 53.5 Å². The molecule has 51 heavy (non-hydrogen) atoms. The van der Waals surface area contributed by atoms with Gasteiger partial charge in [0.05, 0.1) is 19.0 Å². The first-order chi connectivity index (χ1) is 24.8. The van der Waals surface area contributed by atoms with Gasteiger partial charge in [0.25, 0.3) is 5.91 Å². The molecule has 0 saturated heterocycles. The third-order valence-corrected chi connectivity index (χ3v) is 8.33. The van der Waals surface area contributed by atoms with E-state index < -0.39 is 0 Å². The lowest BCUT2D eigenvalue weighted by Gasteiger charge is -2.09. The van der Waals surface area contributed by atoms with Gasteiger partial charge in [0.2, 0.25) is 11.8 Å². The molecule has 2 amide bonds. The van der Waals surface area contributed by atoms with Crippen LogP contribution in [0.1, 0.15) is 79.9 Å². The summed E-state index contributed by atoms with van der Waals surface area (Å²) in [6, 6.07) is 12.2. The van der Waals surface area contributed by atoms with E-state index in [-0.39, 0.29) is 24.1 Å². The Morgan fingerprint density at radius 2 is 1.25 bits per heavy atom. The summed E-state index contributed by atoms with van der Waals surface area (Å²) in [7, 11) is 1.58. The molecule has 1 heterocycles. The van der Waals surface area contributed by atoms with Crippen molar-refractivity contribution in [1.29, 1.82) is 0 Å². The molecule has 0 atom stereocenters. The molecule has 0 spiro atoms. The van der Waals surface area contributed by atoms with Crippen LogP contribution in [0.15, 0.2) is 115 Å². The minimum atomic E-state index is -0.210. The minimum Gasteiger partial charge on any atom is -0.497 e. The minimum absolute atomic E-state index is 0.0597. The van der Waals surface area contributed by atoms with Gasteiger partial charge in [-0.3, -0.25) is 19.0 Å². The zero-order valence-electron chi connectivity index (χ0n) is 30.2. The number of carbonyl (C=O) groups is 3. The number of benzene rings is 2. The van der Waals surface area contributed by atoms with Crippen LogP contribution in [0, 0.1) is 6.92 Å². The lowest BCUT2D eigenvalue weighted by Crippen LogP contribution is -2.35. The van der Waals surface area contributed by atoms with Crippen LogP contribution >= 0.6 is 11.6 Å². The highest BCUT2D eigenvalue weighted by Crippen LogP contribution is 2.31. The molecule has 8 heteroatoms. The standard InChI is InChI=1S/C43H52ClN3O4/c1-4-5-6-7-8-9-10-11-12-13-14-15-16-17-18-19-20-21-22-23-41(48)45-30-31-46-42(49)33-38-34(2)47(40-29-28-37(51-3)32-39(38)40)43(50)35-24-26-36(44)27-25-35/h5-6,8-9,11-12,14-15,17-18,20-21,24-29,32H,4,7,10,13,16,19,22-23,30-31,33H2,1-3H3,(H,45,48)(H,46,49)/b6-5-,9-8-,12-11-,15-14?,18-17?,21-20?. The predicted molar refractivity (Wildman–Crippen MR) is 212 cm³/mol. The first-order valence-corrected chi connectivity index (χ1v) is 18.1. The average Bonchev–Trinajstić information content (AvgIpc) is 3.40. The summed E-state index contributed by atoms with van der Waals surface area (Å²) < 4.78 is 7.04. The van der Waals surface area contributed by atoms with Crippen LogP contribution in [0.5, 0.6) is 5.75 Å². The molecule has 3 rings (SSSR count). The highest BCUT2D eigenvalue weighted by Gasteiger charge is 2.22. The number of rotatable bonds is 21. The predicted octanol–water partition coefficient (Wildman–Crippen LogP) is 9.55. The van der Waals surface area contributed by atoms with E-state index in [9.17, 15) is 14.4 Å². The summed E-state index contributed by atoms with van der Waals surface area (Å²) in [6.45, 7) is 4.61. The van der Waals surface area contributed by atoms with Crippen molar-refractivity contribution < 1.29 is 19.1 Å². The Morgan fingerprint density at radius 1 is 0.725 bits per heavy atom. The molecule has 0 aliphatic rings. The van der Waals surface area contributed by atoms with Gasteiger partial charge < -0.3 is 15.4 Å². The summed E-state index contributed by atoms with van der Waals surface area (Å²) in [5, 5.41) is 7.06. The van der Waals surface area contributed by atoms with Crippen LogP contribution in [-0.4, -0.2) is 42.5 Å². The van der Waals surface area contributed by atoms with Crippen LogP contribution in [0.2, 0.25) is 5.02 Å². The largest absolute Gasteiger partial charge is 0.497 e. The Morgan fingerprint density at radius 3 is 1.80 bits per heavy atom. The zero-order chi connectivity index (χ0) is 36.7. The lowest BCUT2D eigenvalue weighted by molar-refractivity contribution is -0.122. The maximum atomic E-state index is 13.5. The van der Waals surface area contributed by atoms with Crippen molar-refractivity contribution in [2.45, 2.75) is 71.6 Å². The summed E-state index contributed by atoms with van der Waals surface area (Å²) in [5.41, 5.74) is 2.60. The highest BCUT2D eigenvalue weighted by atomic mass is 35.5. The number of fused-ring (bicyclic) bond motifs is 1. The molecule has 2 N–H and O–H groups in total. The van der Waals surface area contributed by atoms with Crippen molar-refractivity contribution in [3.8, 4) is 5.75 Å². The molecule has 0 fully saturated rings. The quantitative estimate of drug-likeness (QED) is 0.0852. The molecule has 1 aromatic heterocycles. The molecule has 0 bridgehead atoms. The number of aromatic nitrogens is 1. The Bertz CT molecular complexity index is 1740. The smallest absolute Gasteiger partial charge is 0.262 e. The monoisotopic (exact) mass is 709 g/mol. The molecule has 0 unspecified atom stereocenters. The molecule has 2 aromatic carbocycles. The van der Waals surface area contributed by atoms with Gasteiger partial charge >= 0.3 is 0 Å². The molecule has 7 nitrogen and oxygen atoms in total. The molecule has 270 valence electrons. The van der Waals surface area contributed by atoms with Crippen molar-refractivity contribution in [3.63, 3.8) is 0 Å². The number of allylic oxidation sites excluding steroid dienone is 12. The van der Waals surface area contributed by atoms with Gasteiger partial charge in [-0.25, -0.2) is 0 Å². The van der Waals surface area contributed by atoms with Crippen LogP contribution in [-0.2, 0) is 16.0 Å². The summed E-state index contributed by atoms with van der Waals surface area (Å²) in [6.07, 6.45) is 32.8. The fourth-order valence-corrected chi connectivity index (χ4v) is 5.49. The van der Waals surface area contributed by atoms with Gasteiger partial charge in [0, 0.05) is 41.2 Å². The van der Waals surface area contributed by atoms with Gasteiger partial charge in [0.1, 0.15) is 5.75 Å². The number of carbonyl (C=O) groups excluding carboxylic acids is 3. The van der Waals surface area contributed by atoms with E-state index in [1.165, 1.54) is 0 Å². The molecule has 0 aliphatic heterocycles. The second-order valence-corrected chi connectivity index (χ2v) is 12.4. The number of nitrogens with one attached hydrogen (secondary N) is 2. The number of ether oxygens (including phenoxy) is 1. The molecule has 3 aromatic rings. The first kappa shape index (κ1) is 40.5. The second-order valence-electron chi connectivity index (χ2n) is 11.9. The number of halogens is 1. The Balaban J connectivity index is 1.33. The molecule has 0 radical (unpaired) electrons. The SMILES string of the molecule is CC/C=C\C/C=C\C/C=C\CC=CCC=CCC=CCCC(=O)NCCNC(=O)Cc1c(C)n(C(=O)c2ccc(Cl)cc2)c2ccc(OC)cc12. The topological polar surface area (TPSA) is 89.4 Å². The van der Waals surface area contributed by atoms with Crippen molar-refractivity contribution in [3.05, 3.63) is 137 Å². The fourth-order valence-electron chi connectivity index (χ4n) is 5.37.